The lowest BCUT2D eigenvalue weighted by molar-refractivity contribution is -0.127. The van der Waals surface area contributed by atoms with Crippen LogP contribution >= 0.6 is 11.3 Å². The van der Waals surface area contributed by atoms with Crippen LogP contribution in [0.25, 0.3) is 0 Å². The van der Waals surface area contributed by atoms with Gasteiger partial charge in [-0.15, -0.1) is 11.3 Å². The van der Waals surface area contributed by atoms with Crippen LogP contribution in [-0.2, 0) is 19.4 Å². The summed E-state index contributed by atoms with van der Waals surface area (Å²) in [6.45, 7) is 5.90. The second-order valence-corrected chi connectivity index (χ2v) is 8.84. The Bertz CT molecular complexity index is 746. The SMILES string of the molecule is CC1=C(C(=O)N2CCN(c3ncc(C)s3)CC2)S(=O)(=O)CCO1. The van der Waals surface area contributed by atoms with Crippen LogP contribution in [0.3, 0.4) is 0 Å². The van der Waals surface area contributed by atoms with E-state index in [1.807, 2.05) is 13.1 Å². The number of aryl methyl sites for hydroxylation is 1. The number of anilines is 1. The molecule has 0 aliphatic carbocycles. The Hall–Kier alpha value is -1.61. The number of aromatic nitrogens is 1. The lowest BCUT2D eigenvalue weighted by Crippen LogP contribution is -2.50. The molecular weight excluding hydrogens is 338 g/mol. The zero-order chi connectivity index (χ0) is 16.6. The summed E-state index contributed by atoms with van der Waals surface area (Å²) in [5.41, 5.74) is 0. The van der Waals surface area contributed by atoms with Crippen molar-refractivity contribution in [2.24, 2.45) is 0 Å². The molecule has 3 heterocycles. The molecule has 0 N–H and O–H groups in total. The van der Waals surface area contributed by atoms with Crippen molar-refractivity contribution in [1.29, 1.82) is 0 Å². The number of carbonyl (C=O) groups excluding carboxylic acids is 1. The molecule has 0 spiro atoms. The molecule has 126 valence electrons. The van der Waals surface area contributed by atoms with E-state index in [1.165, 1.54) is 0 Å². The normalized spacial score (nSPS) is 21.3. The minimum absolute atomic E-state index is 0.113. The first kappa shape index (κ1) is 16.3. The third-order valence-electron chi connectivity index (χ3n) is 3.94. The minimum atomic E-state index is -3.54. The number of hydrogen-bond donors (Lipinski definition) is 0. The van der Waals surface area contributed by atoms with Gasteiger partial charge in [0.25, 0.3) is 5.91 Å². The Morgan fingerprint density at radius 2 is 1.96 bits per heavy atom. The number of sulfone groups is 1. The molecule has 2 aliphatic heterocycles. The van der Waals surface area contributed by atoms with Gasteiger partial charge in [-0.1, -0.05) is 0 Å². The van der Waals surface area contributed by atoms with Crippen LogP contribution in [0, 0.1) is 6.92 Å². The fourth-order valence-electron chi connectivity index (χ4n) is 2.71. The Morgan fingerprint density at radius 3 is 2.52 bits per heavy atom. The molecule has 1 amide bonds. The van der Waals surface area contributed by atoms with Crippen LogP contribution in [0.4, 0.5) is 5.13 Å². The summed E-state index contributed by atoms with van der Waals surface area (Å²) >= 11 is 1.62. The van der Waals surface area contributed by atoms with E-state index in [-0.39, 0.29) is 23.0 Å². The number of thiazole rings is 1. The first-order chi connectivity index (χ1) is 10.9. The van der Waals surface area contributed by atoms with Crippen molar-refractivity contribution in [3.8, 4) is 0 Å². The Morgan fingerprint density at radius 1 is 1.26 bits per heavy atom. The van der Waals surface area contributed by atoms with E-state index < -0.39 is 15.7 Å². The highest BCUT2D eigenvalue weighted by Gasteiger charge is 2.36. The molecule has 1 saturated heterocycles. The van der Waals surface area contributed by atoms with Crippen LogP contribution < -0.4 is 4.90 Å². The molecule has 0 aromatic carbocycles. The van der Waals surface area contributed by atoms with Crippen molar-refractivity contribution in [3.63, 3.8) is 0 Å². The van der Waals surface area contributed by atoms with Crippen molar-refractivity contribution in [2.45, 2.75) is 13.8 Å². The summed E-state index contributed by atoms with van der Waals surface area (Å²) in [6.07, 6.45) is 1.83. The Labute approximate surface area is 139 Å². The molecule has 1 aromatic heterocycles. The van der Waals surface area contributed by atoms with E-state index >= 15 is 0 Å². The number of rotatable bonds is 2. The van der Waals surface area contributed by atoms with E-state index in [4.69, 9.17) is 4.74 Å². The van der Waals surface area contributed by atoms with Crippen molar-refractivity contribution >= 4 is 32.2 Å². The minimum Gasteiger partial charge on any atom is -0.496 e. The maximum atomic E-state index is 12.6. The van der Waals surface area contributed by atoms with Gasteiger partial charge in [-0.25, -0.2) is 13.4 Å². The monoisotopic (exact) mass is 357 g/mol. The Kier molecular flexibility index (Phi) is 4.33. The van der Waals surface area contributed by atoms with Gasteiger partial charge in [0, 0.05) is 37.3 Å². The molecule has 3 rings (SSSR count). The lowest BCUT2D eigenvalue weighted by atomic mass is 10.3. The van der Waals surface area contributed by atoms with Gasteiger partial charge in [0.1, 0.15) is 12.4 Å². The van der Waals surface area contributed by atoms with Crippen LogP contribution in [0.2, 0.25) is 0 Å². The third-order valence-corrected chi connectivity index (χ3v) is 6.70. The summed E-state index contributed by atoms with van der Waals surface area (Å²) < 4.78 is 29.6. The van der Waals surface area contributed by atoms with E-state index in [0.29, 0.717) is 26.2 Å². The highest BCUT2D eigenvalue weighted by Crippen LogP contribution is 2.25. The van der Waals surface area contributed by atoms with E-state index in [1.54, 1.807) is 23.2 Å². The fraction of sp³-hybridized carbons (Fsp3) is 0.571. The quantitative estimate of drug-likeness (QED) is 0.778. The highest BCUT2D eigenvalue weighted by molar-refractivity contribution is 7.96. The summed E-state index contributed by atoms with van der Waals surface area (Å²) in [5, 5.41) is 0.943. The predicted molar refractivity (Wildman–Crippen MR) is 88.1 cm³/mol. The largest absolute Gasteiger partial charge is 0.496 e. The average Bonchev–Trinajstić information content (AvgIpc) is 2.93. The van der Waals surface area contributed by atoms with Crippen LogP contribution in [-0.4, -0.2) is 62.7 Å². The number of piperazine rings is 1. The zero-order valence-corrected chi connectivity index (χ0v) is 14.7. The predicted octanol–water partition coefficient (Wildman–Crippen LogP) is 0.777. The first-order valence-corrected chi connectivity index (χ1v) is 9.88. The number of ether oxygens (including phenoxy) is 1. The summed E-state index contributed by atoms with van der Waals surface area (Å²) in [5.74, 6) is -0.375. The second-order valence-electron chi connectivity index (χ2n) is 5.59. The maximum Gasteiger partial charge on any atom is 0.268 e. The average molecular weight is 357 g/mol. The van der Waals surface area contributed by atoms with Gasteiger partial charge in [0.15, 0.2) is 19.9 Å². The van der Waals surface area contributed by atoms with Gasteiger partial charge in [0.05, 0.1) is 5.75 Å². The molecule has 0 radical (unpaired) electrons. The number of carbonyl (C=O) groups is 1. The number of hydrogen-bond acceptors (Lipinski definition) is 7. The summed E-state index contributed by atoms with van der Waals surface area (Å²) in [7, 11) is -3.54. The summed E-state index contributed by atoms with van der Waals surface area (Å²) in [4.78, 5) is 21.6. The molecule has 1 fully saturated rings. The smallest absolute Gasteiger partial charge is 0.268 e. The van der Waals surface area contributed by atoms with Gasteiger partial charge in [-0.3, -0.25) is 4.79 Å². The van der Waals surface area contributed by atoms with Gasteiger partial charge >= 0.3 is 0 Å². The number of allylic oxidation sites excluding steroid dienone is 1. The Balaban J connectivity index is 1.71. The van der Waals surface area contributed by atoms with E-state index in [2.05, 4.69) is 9.88 Å². The molecule has 23 heavy (non-hydrogen) atoms. The molecule has 7 nitrogen and oxygen atoms in total. The van der Waals surface area contributed by atoms with Crippen LogP contribution in [0.15, 0.2) is 16.9 Å². The van der Waals surface area contributed by atoms with Gasteiger partial charge in [-0.2, -0.15) is 0 Å². The molecule has 0 bridgehead atoms. The van der Waals surface area contributed by atoms with Gasteiger partial charge < -0.3 is 14.5 Å². The molecule has 0 atom stereocenters. The lowest BCUT2D eigenvalue weighted by Gasteiger charge is -2.35. The zero-order valence-electron chi connectivity index (χ0n) is 13.1. The summed E-state index contributed by atoms with van der Waals surface area (Å²) in [6, 6.07) is 0. The third kappa shape index (κ3) is 3.20. The fourth-order valence-corrected chi connectivity index (χ4v) is 4.92. The molecule has 9 heteroatoms. The molecule has 0 saturated carbocycles. The molecule has 1 aromatic rings. The number of nitrogens with zero attached hydrogens (tertiary/aromatic N) is 3. The first-order valence-electron chi connectivity index (χ1n) is 7.41. The van der Waals surface area contributed by atoms with Gasteiger partial charge in [-0.05, 0) is 13.8 Å². The van der Waals surface area contributed by atoms with E-state index in [9.17, 15) is 13.2 Å². The van der Waals surface area contributed by atoms with Crippen molar-refractivity contribution in [2.75, 3.05) is 43.4 Å². The second kappa shape index (κ2) is 6.12. The van der Waals surface area contributed by atoms with Crippen molar-refractivity contribution in [3.05, 3.63) is 21.7 Å². The van der Waals surface area contributed by atoms with Gasteiger partial charge in [0.2, 0.25) is 0 Å². The highest BCUT2D eigenvalue weighted by atomic mass is 32.2. The maximum absolute atomic E-state index is 12.6. The van der Waals surface area contributed by atoms with Crippen molar-refractivity contribution < 1.29 is 17.9 Å². The van der Waals surface area contributed by atoms with Crippen LogP contribution in [0.1, 0.15) is 11.8 Å². The topological polar surface area (TPSA) is 79.8 Å². The van der Waals surface area contributed by atoms with E-state index in [0.717, 1.165) is 10.0 Å². The molecular formula is C14H19N3O4S2. The van der Waals surface area contributed by atoms with Crippen LogP contribution in [0.5, 0.6) is 0 Å². The molecule has 0 unspecified atom stereocenters. The van der Waals surface area contributed by atoms with Crippen molar-refractivity contribution in [1.82, 2.24) is 9.88 Å². The molecule has 2 aliphatic rings. The number of amides is 1. The standard InChI is InChI=1S/C14H19N3O4S2/c1-10-9-15-14(22-10)17-5-3-16(4-6-17)13(18)12-11(2)21-7-8-23(12,19)20/h9H,3-8H2,1-2H3.